The van der Waals surface area contributed by atoms with Crippen LogP contribution in [0.3, 0.4) is 0 Å². The summed E-state index contributed by atoms with van der Waals surface area (Å²) in [6.45, 7) is 20.4. The summed E-state index contributed by atoms with van der Waals surface area (Å²) in [7, 11) is 0. The van der Waals surface area contributed by atoms with Crippen LogP contribution in [0.15, 0.2) is 15.0 Å². The van der Waals surface area contributed by atoms with Gasteiger partial charge < -0.3 is 9.80 Å². The lowest BCUT2D eigenvalue weighted by Crippen LogP contribution is -2.46. The van der Waals surface area contributed by atoms with Gasteiger partial charge in [-0.1, -0.05) is 131 Å². The van der Waals surface area contributed by atoms with Gasteiger partial charge in [0.25, 0.3) is 0 Å². The molecule has 0 atom stereocenters. The minimum absolute atomic E-state index is 0.579. The third kappa shape index (κ3) is 20.6. The van der Waals surface area contributed by atoms with Gasteiger partial charge in [0.05, 0.1) is 0 Å². The number of guanidine groups is 2. The van der Waals surface area contributed by atoms with Crippen LogP contribution in [0.25, 0.3) is 0 Å². The van der Waals surface area contributed by atoms with E-state index >= 15 is 0 Å². The lowest BCUT2D eigenvalue weighted by molar-refractivity contribution is 0.296. The molecular weight excluding hydrogens is 466 g/mol. The highest BCUT2D eigenvalue weighted by Gasteiger charge is 2.19. The molecule has 0 aromatic heterocycles. The Hall–Kier alpha value is -1.39. The van der Waals surface area contributed by atoms with Crippen molar-refractivity contribution in [1.29, 1.82) is 0 Å². The van der Waals surface area contributed by atoms with E-state index in [2.05, 4.69) is 56.1 Å². The first-order valence-electron chi connectivity index (χ1n) is 16.8. The van der Waals surface area contributed by atoms with Gasteiger partial charge in [-0.3, -0.25) is 0 Å². The predicted octanol–water partition coefficient (Wildman–Crippen LogP) is 9.90. The van der Waals surface area contributed by atoms with Gasteiger partial charge in [-0.25, -0.2) is 9.98 Å². The molecule has 0 radical (unpaired) electrons. The lowest BCUT2D eigenvalue weighted by atomic mass is 10.1. The highest BCUT2D eigenvalue weighted by atomic mass is 15.4. The van der Waals surface area contributed by atoms with E-state index in [-0.39, 0.29) is 0 Å². The summed E-state index contributed by atoms with van der Waals surface area (Å²) in [5, 5.41) is 0. The summed E-state index contributed by atoms with van der Waals surface area (Å²) in [6.07, 6.45) is 25.3. The first kappa shape index (κ1) is 36.6. The maximum atomic E-state index is 5.20. The Kier molecular flexibility index (Phi) is 27.6. The standard InChI is InChI=1S/C33H67N5/c1-7-12-17-22-27-35-32(34-6)36-33(37(28-23-18-13-8-2)29-24-19-14-9-3)38(30-25-20-15-10-4)31-26-21-16-11-5/h6-31H2,1-5H3. The smallest absolute Gasteiger partial charge is 0.247 e. The fourth-order valence-electron chi connectivity index (χ4n) is 4.81. The zero-order valence-corrected chi connectivity index (χ0v) is 26.6. The van der Waals surface area contributed by atoms with Crippen molar-refractivity contribution in [3.63, 3.8) is 0 Å². The summed E-state index contributed by atoms with van der Waals surface area (Å²) in [5.74, 6) is 1.70. The van der Waals surface area contributed by atoms with Gasteiger partial charge in [-0.15, -0.1) is 0 Å². The summed E-state index contributed by atoms with van der Waals surface area (Å²) in [4.78, 5) is 19.5. The molecule has 0 spiro atoms. The van der Waals surface area contributed by atoms with Gasteiger partial charge in [0.2, 0.25) is 11.9 Å². The molecule has 0 unspecified atom stereocenters. The highest BCUT2D eigenvalue weighted by molar-refractivity contribution is 5.96. The average Bonchev–Trinajstić information content (AvgIpc) is 2.93. The molecule has 38 heavy (non-hydrogen) atoms. The Bertz CT molecular complexity index is 518. The molecule has 0 bridgehead atoms. The highest BCUT2D eigenvalue weighted by Crippen LogP contribution is 2.13. The molecule has 0 aromatic rings. The Morgan fingerprint density at radius 3 is 1.13 bits per heavy atom. The molecule has 0 amide bonds. The van der Waals surface area contributed by atoms with Crippen molar-refractivity contribution < 1.29 is 0 Å². The van der Waals surface area contributed by atoms with Crippen LogP contribution >= 0.6 is 0 Å². The second-order valence-corrected chi connectivity index (χ2v) is 11.0. The maximum Gasteiger partial charge on any atom is 0.247 e. The largest absolute Gasteiger partial charge is 0.342 e. The fourth-order valence-corrected chi connectivity index (χ4v) is 4.81. The van der Waals surface area contributed by atoms with E-state index in [1.807, 2.05) is 0 Å². The fraction of sp³-hybridized carbons (Fsp3) is 0.909. The molecule has 0 aliphatic heterocycles. The van der Waals surface area contributed by atoms with Crippen LogP contribution in [0.4, 0.5) is 0 Å². The quantitative estimate of drug-likeness (QED) is 0.0665. The molecular formula is C33H67N5. The van der Waals surface area contributed by atoms with Crippen LogP contribution in [0.1, 0.15) is 163 Å². The van der Waals surface area contributed by atoms with Gasteiger partial charge >= 0.3 is 0 Å². The van der Waals surface area contributed by atoms with Crippen molar-refractivity contribution in [1.82, 2.24) is 9.80 Å². The monoisotopic (exact) mass is 534 g/mol. The normalized spacial score (nSPS) is 11.6. The van der Waals surface area contributed by atoms with Crippen LogP contribution in [0.2, 0.25) is 0 Å². The van der Waals surface area contributed by atoms with E-state index in [0.717, 1.165) is 45.1 Å². The molecule has 0 N–H and O–H groups in total. The Morgan fingerprint density at radius 1 is 0.474 bits per heavy atom. The van der Waals surface area contributed by atoms with E-state index in [1.165, 1.54) is 122 Å². The molecule has 0 saturated carbocycles. The summed E-state index contributed by atoms with van der Waals surface area (Å²) < 4.78 is 0. The zero-order valence-electron chi connectivity index (χ0n) is 26.6. The van der Waals surface area contributed by atoms with Crippen molar-refractivity contribution in [2.75, 3.05) is 32.7 Å². The second-order valence-electron chi connectivity index (χ2n) is 11.0. The van der Waals surface area contributed by atoms with Gasteiger partial charge in [0.1, 0.15) is 0 Å². The molecule has 0 aliphatic carbocycles. The molecule has 0 saturated heterocycles. The van der Waals surface area contributed by atoms with Crippen molar-refractivity contribution >= 4 is 18.6 Å². The van der Waals surface area contributed by atoms with Crippen LogP contribution in [0, 0.1) is 0 Å². The summed E-state index contributed by atoms with van der Waals surface area (Å²) >= 11 is 0. The average molecular weight is 534 g/mol. The number of hydrogen-bond donors (Lipinski definition) is 0. The molecule has 224 valence electrons. The third-order valence-electron chi connectivity index (χ3n) is 7.30. The first-order valence-corrected chi connectivity index (χ1v) is 16.8. The van der Waals surface area contributed by atoms with Crippen LogP contribution in [0.5, 0.6) is 0 Å². The number of nitrogens with zero attached hydrogens (tertiary/aromatic N) is 5. The van der Waals surface area contributed by atoms with E-state index in [9.17, 15) is 0 Å². The minimum atomic E-state index is 0.579. The SMILES string of the molecule is C=NC(=NCCCCCC)N=C(N(CCCCCC)CCCCCC)N(CCCCCC)CCCCCC. The Labute approximate surface area is 239 Å². The van der Waals surface area contributed by atoms with Gasteiger partial charge in [0, 0.05) is 32.7 Å². The molecule has 5 heteroatoms. The van der Waals surface area contributed by atoms with E-state index in [0.29, 0.717) is 5.96 Å². The molecule has 0 aliphatic rings. The minimum Gasteiger partial charge on any atom is -0.342 e. The topological polar surface area (TPSA) is 43.6 Å². The van der Waals surface area contributed by atoms with Crippen molar-refractivity contribution in [3.05, 3.63) is 0 Å². The number of rotatable bonds is 25. The second kappa shape index (κ2) is 28.6. The Balaban J connectivity index is 6.01. The van der Waals surface area contributed by atoms with Crippen LogP contribution in [-0.4, -0.2) is 61.2 Å². The van der Waals surface area contributed by atoms with Crippen molar-refractivity contribution in [2.24, 2.45) is 15.0 Å². The Morgan fingerprint density at radius 2 is 0.816 bits per heavy atom. The molecule has 5 nitrogen and oxygen atoms in total. The summed E-state index contributed by atoms with van der Waals surface area (Å²) in [5.41, 5.74) is 0. The van der Waals surface area contributed by atoms with E-state index < -0.39 is 0 Å². The van der Waals surface area contributed by atoms with Crippen molar-refractivity contribution in [3.8, 4) is 0 Å². The first-order chi connectivity index (χ1) is 18.7. The number of aliphatic imine (C=N–C) groups is 3. The van der Waals surface area contributed by atoms with Gasteiger partial charge in [-0.05, 0) is 38.8 Å². The van der Waals surface area contributed by atoms with E-state index in [4.69, 9.17) is 9.98 Å². The number of hydrogen-bond acceptors (Lipinski definition) is 1. The van der Waals surface area contributed by atoms with Gasteiger partial charge in [-0.2, -0.15) is 4.99 Å². The summed E-state index contributed by atoms with van der Waals surface area (Å²) in [6, 6.07) is 0. The molecule has 0 heterocycles. The lowest BCUT2D eigenvalue weighted by Gasteiger charge is -2.35. The molecule has 0 aromatic carbocycles. The van der Waals surface area contributed by atoms with Crippen LogP contribution in [-0.2, 0) is 0 Å². The molecule has 0 rings (SSSR count). The zero-order chi connectivity index (χ0) is 28.1. The third-order valence-corrected chi connectivity index (χ3v) is 7.30. The van der Waals surface area contributed by atoms with E-state index in [1.54, 1.807) is 0 Å². The molecule has 0 fully saturated rings. The van der Waals surface area contributed by atoms with Crippen molar-refractivity contribution in [2.45, 2.75) is 163 Å². The predicted molar refractivity (Wildman–Crippen MR) is 173 cm³/mol. The number of unbranched alkanes of at least 4 members (excludes halogenated alkanes) is 15. The van der Waals surface area contributed by atoms with Gasteiger partial charge in [0.15, 0.2) is 0 Å². The van der Waals surface area contributed by atoms with Crippen LogP contribution < -0.4 is 0 Å². The maximum absolute atomic E-state index is 5.20.